The van der Waals surface area contributed by atoms with Gasteiger partial charge in [-0.2, -0.15) is 0 Å². The highest BCUT2D eigenvalue weighted by Crippen LogP contribution is 2.35. The van der Waals surface area contributed by atoms with Crippen LogP contribution in [0.5, 0.6) is 0 Å². The van der Waals surface area contributed by atoms with E-state index in [2.05, 4.69) is 5.32 Å². The largest absolute Gasteiger partial charge is 0.379 e. The number of urea groups is 1. The zero-order valence-corrected chi connectivity index (χ0v) is 14.2. The fraction of sp³-hybridized carbons (Fsp3) is 0.467. The van der Waals surface area contributed by atoms with Crippen LogP contribution < -0.4 is 5.32 Å². The number of ether oxygens (including phenoxy) is 1. The summed E-state index contributed by atoms with van der Waals surface area (Å²) < 4.78 is 5.28. The van der Waals surface area contributed by atoms with Gasteiger partial charge in [-0.1, -0.05) is 29.3 Å². The Morgan fingerprint density at radius 3 is 2.61 bits per heavy atom. The van der Waals surface area contributed by atoms with Crippen LogP contribution in [0, 0.1) is 0 Å². The lowest BCUT2D eigenvalue weighted by Crippen LogP contribution is -2.47. The third-order valence-electron chi connectivity index (χ3n) is 4.19. The molecule has 0 aromatic heterocycles. The van der Waals surface area contributed by atoms with Gasteiger partial charge in [0.15, 0.2) is 0 Å². The summed E-state index contributed by atoms with van der Waals surface area (Å²) >= 11 is 12.1. The van der Waals surface area contributed by atoms with Crippen LogP contribution >= 0.6 is 23.2 Å². The minimum Gasteiger partial charge on any atom is -0.379 e. The topological polar surface area (TPSA) is 61.9 Å². The fourth-order valence-corrected chi connectivity index (χ4v) is 3.44. The summed E-state index contributed by atoms with van der Waals surface area (Å²) in [6.45, 7) is 4.48. The molecule has 23 heavy (non-hydrogen) atoms. The average Bonchev–Trinajstić information content (AvgIpc) is 2.72. The number of carbonyl (C=O) groups is 2. The van der Waals surface area contributed by atoms with E-state index in [0.717, 1.165) is 0 Å². The molecule has 2 aliphatic heterocycles. The standard InChI is InChI=1S/C15H17Cl2N3O3/c1-15(11-3-2-10(16)8-12(11)17)13(21)20(14(22)18-15)9-19-4-6-23-7-5-19/h2-3,8H,4-7,9H2,1H3,(H,18,22)/t15-/m0/s1. The highest BCUT2D eigenvalue weighted by molar-refractivity contribution is 6.35. The van der Waals surface area contributed by atoms with Gasteiger partial charge in [0.25, 0.3) is 5.91 Å². The lowest BCUT2D eigenvalue weighted by Gasteiger charge is -2.30. The van der Waals surface area contributed by atoms with E-state index in [4.69, 9.17) is 27.9 Å². The summed E-state index contributed by atoms with van der Waals surface area (Å²) in [6, 6.07) is 4.46. The van der Waals surface area contributed by atoms with Gasteiger partial charge >= 0.3 is 6.03 Å². The maximum absolute atomic E-state index is 12.8. The number of benzene rings is 1. The first-order valence-corrected chi connectivity index (χ1v) is 8.07. The SMILES string of the molecule is C[C@@]1(c2ccc(Cl)cc2Cl)NC(=O)N(CN2CCOCC2)C1=O. The number of nitrogens with one attached hydrogen (secondary N) is 1. The van der Waals surface area contributed by atoms with Gasteiger partial charge in [-0.15, -0.1) is 0 Å². The molecule has 0 bridgehead atoms. The van der Waals surface area contributed by atoms with Crippen molar-refractivity contribution in [3.8, 4) is 0 Å². The maximum atomic E-state index is 12.8. The Morgan fingerprint density at radius 1 is 1.26 bits per heavy atom. The number of amides is 3. The third kappa shape index (κ3) is 3.04. The predicted molar refractivity (Wildman–Crippen MR) is 86.5 cm³/mol. The summed E-state index contributed by atoms with van der Waals surface area (Å²) in [4.78, 5) is 28.4. The van der Waals surface area contributed by atoms with Crippen molar-refractivity contribution in [3.05, 3.63) is 33.8 Å². The predicted octanol–water partition coefficient (Wildman–Crippen LogP) is 2.05. The number of hydrogen-bond acceptors (Lipinski definition) is 4. The van der Waals surface area contributed by atoms with Gasteiger partial charge in [0, 0.05) is 28.7 Å². The number of halogens is 2. The minimum atomic E-state index is -1.19. The van der Waals surface area contributed by atoms with Crippen LogP contribution in [0.2, 0.25) is 10.0 Å². The Labute approximate surface area is 144 Å². The zero-order chi connectivity index (χ0) is 16.6. The van der Waals surface area contributed by atoms with Gasteiger partial charge in [-0.05, 0) is 19.1 Å². The van der Waals surface area contributed by atoms with Crippen LogP contribution in [-0.4, -0.2) is 54.7 Å². The van der Waals surface area contributed by atoms with Crippen LogP contribution in [0.15, 0.2) is 18.2 Å². The molecule has 8 heteroatoms. The van der Waals surface area contributed by atoms with Crippen LogP contribution in [-0.2, 0) is 15.1 Å². The van der Waals surface area contributed by atoms with Crippen LogP contribution in [0.4, 0.5) is 4.79 Å². The quantitative estimate of drug-likeness (QED) is 0.841. The molecule has 0 saturated carbocycles. The number of hydrogen-bond donors (Lipinski definition) is 1. The highest BCUT2D eigenvalue weighted by atomic mass is 35.5. The number of carbonyl (C=O) groups excluding carboxylic acids is 2. The van der Waals surface area contributed by atoms with E-state index in [1.165, 1.54) is 4.90 Å². The second kappa shape index (κ2) is 6.28. The van der Waals surface area contributed by atoms with Crippen LogP contribution in [0.3, 0.4) is 0 Å². The fourth-order valence-electron chi connectivity index (χ4n) is 2.85. The molecule has 0 radical (unpaired) electrons. The molecule has 124 valence electrons. The zero-order valence-electron chi connectivity index (χ0n) is 12.6. The van der Waals surface area contributed by atoms with E-state index < -0.39 is 11.6 Å². The van der Waals surface area contributed by atoms with E-state index in [-0.39, 0.29) is 12.6 Å². The Bertz CT molecular complexity index is 649. The molecule has 6 nitrogen and oxygen atoms in total. The van der Waals surface area contributed by atoms with Gasteiger partial charge in [0.1, 0.15) is 5.54 Å². The molecule has 2 aliphatic rings. The van der Waals surface area contributed by atoms with Crippen LogP contribution in [0.25, 0.3) is 0 Å². The first kappa shape index (κ1) is 16.5. The Kier molecular flexibility index (Phi) is 4.51. The molecule has 0 unspecified atom stereocenters. The Morgan fingerprint density at radius 2 is 1.96 bits per heavy atom. The van der Waals surface area contributed by atoms with Crippen molar-refractivity contribution in [1.82, 2.24) is 15.1 Å². The normalized spacial score (nSPS) is 25.8. The first-order chi connectivity index (χ1) is 10.9. The van der Waals surface area contributed by atoms with Crippen LogP contribution in [0.1, 0.15) is 12.5 Å². The number of imide groups is 1. The summed E-state index contributed by atoms with van der Waals surface area (Å²) in [7, 11) is 0. The molecule has 0 spiro atoms. The Hall–Kier alpha value is -1.34. The van der Waals surface area contributed by atoms with Gasteiger partial charge in [0.05, 0.1) is 19.9 Å². The van der Waals surface area contributed by atoms with Gasteiger partial charge < -0.3 is 10.1 Å². The molecule has 1 atom stereocenters. The molecule has 0 aliphatic carbocycles. The lowest BCUT2D eigenvalue weighted by atomic mass is 9.92. The van der Waals surface area contributed by atoms with Crippen molar-refractivity contribution in [2.45, 2.75) is 12.5 Å². The summed E-state index contributed by atoms with van der Waals surface area (Å²) in [5.74, 6) is -0.321. The minimum absolute atomic E-state index is 0.245. The summed E-state index contributed by atoms with van der Waals surface area (Å²) in [6.07, 6.45) is 0. The summed E-state index contributed by atoms with van der Waals surface area (Å²) in [5.41, 5.74) is -0.656. The molecule has 3 rings (SSSR count). The van der Waals surface area contributed by atoms with Crippen molar-refractivity contribution >= 4 is 35.1 Å². The van der Waals surface area contributed by atoms with Crippen molar-refractivity contribution in [2.75, 3.05) is 33.0 Å². The van der Waals surface area contributed by atoms with Gasteiger partial charge in [-0.25, -0.2) is 9.69 Å². The molecular formula is C15H17Cl2N3O3. The van der Waals surface area contributed by atoms with E-state index >= 15 is 0 Å². The van der Waals surface area contributed by atoms with Crippen molar-refractivity contribution in [1.29, 1.82) is 0 Å². The van der Waals surface area contributed by atoms with E-state index in [1.807, 2.05) is 4.90 Å². The Balaban J connectivity index is 1.84. The molecule has 2 heterocycles. The number of rotatable bonds is 3. The average molecular weight is 358 g/mol. The molecule has 2 fully saturated rings. The highest BCUT2D eigenvalue weighted by Gasteiger charge is 2.50. The monoisotopic (exact) mass is 357 g/mol. The third-order valence-corrected chi connectivity index (χ3v) is 4.74. The van der Waals surface area contributed by atoms with E-state index in [1.54, 1.807) is 25.1 Å². The smallest absolute Gasteiger partial charge is 0.326 e. The van der Waals surface area contributed by atoms with Crippen molar-refractivity contribution in [3.63, 3.8) is 0 Å². The summed E-state index contributed by atoms with van der Waals surface area (Å²) in [5, 5.41) is 3.57. The lowest BCUT2D eigenvalue weighted by molar-refractivity contribution is -0.133. The molecule has 1 aromatic rings. The second-order valence-electron chi connectivity index (χ2n) is 5.78. The maximum Gasteiger partial charge on any atom is 0.326 e. The van der Waals surface area contributed by atoms with Gasteiger partial charge in [-0.3, -0.25) is 9.69 Å². The van der Waals surface area contributed by atoms with E-state index in [0.29, 0.717) is 41.9 Å². The molecule has 1 N–H and O–H groups in total. The molecular weight excluding hydrogens is 341 g/mol. The molecule has 2 saturated heterocycles. The van der Waals surface area contributed by atoms with Crippen molar-refractivity contribution in [2.24, 2.45) is 0 Å². The van der Waals surface area contributed by atoms with E-state index in [9.17, 15) is 9.59 Å². The number of nitrogens with zero attached hydrogens (tertiary/aromatic N) is 2. The molecule has 1 aromatic carbocycles. The number of morpholine rings is 1. The van der Waals surface area contributed by atoms with Gasteiger partial charge in [0.2, 0.25) is 0 Å². The molecule has 3 amide bonds. The first-order valence-electron chi connectivity index (χ1n) is 7.31. The second-order valence-corrected chi connectivity index (χ2v) is 6.63. The van der Waals surface area contributed by atoms with Crippen molar-refractivity contribution < 1.29 is 14.3 Å².